The lowest BCUT2D eigenvalue weighted by molar-refractivity contribution is -0.130. The summed E-state index contributed by atoms with van der Waals surface area (Å²) in [6.45, 7) is 8.73. The first-order valence-corrected chi connectivity index (χ1v) is 18.6. The molecule has 4 aromatic rings. The number of hydrogen-bond donors (Lipinski definition) is 2. The summed E-state index contributed by atoms with van der Waals surface area (Å²) in [6.07, 6.45) is 6.64. The number of anilines is 3. The Hall–Kier alpha value is -4.65. The molecule has 0 bridgehead atoms. The first kappa shape index (κ1) is 39.6. The van der Waals surface area contributed by atoms with Gasteiger partial charge in [-0.25, -0.2) is 9.37 Å². The molecule has 2 N–H and O–H groups in total. The molecule has 2 heterocycles. The van der Waals surface area contributed by atoms with Crippen LogP contribution in [0, 0.1) is 5.82 Å². The summed E-state index contributed by atoms with van der Waals surface area (Å²) in [6, 6.07) is 14.6. The Balaban J connectivity index is 1.34. The van der Waals surface area contributed by atoms with E-state index >= 15 is 4.39 Å². The zero-order chi connectivity index (χ0) is 37.7. The molecule has 11 nitrogen and oxygen atoms in total. The van der Waals surface area contributed by atoms with Crippen molar-refractivity contribution < 1.29 is 28.2 Å². The number of rotatable bonds is 17. The van der Waals surface area contributed by atoms with Crippen LogP contribution in [0.5, 0.6) is 23.1 Å². The number of aryl methyl sites for hydroxylation is 1. The van der Waals surface area contributed by atoms with E-state index in [0.717, 1.165) is 31.6 Å². The molecule has 1 aromatic heterocycles. The second-order valence-electron chi connectivity index (χ2n) is 12.5. The number of hydrogen-bond acceptors (Lipinski definition) is 9. The number of methoxy groups -OCH3 is 1. The third-order valence-electron chi connectivity index (χ3n) is 8.89. The van der Waals surface area contributed by atoms with E-state index in [4.69, 9.17) is 37.4 Å². The lowest BCUT2D eigenvalue weighted by Crippen LogP contribution is -2.31. The highest BCUT2D eigenvalue weighted by atomic mass is 35.5. The fourth-order valence-electron chi connectivity index (χ4n) is 5.98. The fourth-order valence-corrected chi connectivity index (χ4v) is 6.47. The van der Waals surface area contributed by atoms with Gasteiger partial charge < -0.3 is 34.6 Å². The number of nitrogens with one attached hydrogen (secondary N) is 2. The molecule has 0 spiro atoms. The van der Waals surface area contributed by atoms with Crippen molar-refractivity contribution in [2.24, 2.45) is 0 Å². The van der Waals surface area contributed by atoms with Gasteiger partial charge in [-0.1, -0.05) is 41.8 Å². The summed E-state index contributed by atoms with van der Waals surface area (Å²) in [5.41, 5.74) is 1.39. The Bertz CT molecular complexity index is 1850. The van der Waals surface area contributed by atoms with E-state index in [2.05, 4.69) is 25.5 Å². The highest BCUT2D eigenvalue weighted by molar-refractivity contribution is 6.40. The zero-order valence-electron chi connectivity index (χ0n) is 30.2. The van der Waals surface area contributed by atoms with Crippen molar-refractivity contribution in [1.82, 2.24) is 19.8 Å². The van der Waals surface area contributed by atoms with Gasteiger partial charge in [0.15, 0.2) is 23.1 Å². The molecule has 0 atom stereocenters. The predicted octanol–water partition coefficient (Wildman–Crippen LogP) is 8.78. The molecule has 0 unspecified atom stereocenters. The minimum absolute atomic E-state index is 0.0347. The summed E-state index contributed by atoms with van der Waals surface area (Å²) >= 11 is 12.6. The number of aromatic nitrogens is 2. The average molecular weight is 768 g/mol. The van der Waals surface area contributed by atoms with E-state index in [1.54, 1.807) is 47.4 Å². The number of amides is 2. The van der Waals surface area contributed by atoms with Crippen LogP contribution in [-0.2, 0) is 11.2 Å². The van der Waals surface area contributed by atoms with Crippen LogP contribution >= 0.6 is 23.2 Å². The Morgan fingerprint density at radius 3 is 2.40 bits per heavy atom. The number of likely N-dealkylation sites (tertiary alicyclic amines) is 1. The second kappa shape index (κ2) is 19.4. The summed E-state index contributed by atoms with van der Waals surface area (Å²) in [5.74, 6) is -0.436. The molecular formula is C39H45Cl2FN6O5. The molecule has 3 aromatic carbocycles. The van der Waals surface area contributed by atoms with Crippen LogP contribution in [0.4, 0.5) is 21.7 Å². The SMILES string of the molecule is CCN(CC)C(=O)CCc1ccc(Oc2nc(Nc3ccc(OCCCN4CCCCC4)c(F)c3)ncc2C(=O)Nc2c(Cl)cccc2Cl)c(OC)c1. The van der Waals surface area contributed by atoms with Gasteiger partial charge in [0.2, 0.25) is 17.7 Å². The highest BCUT2D eigenvalue weighted by Crippen LogP contribution is 2.36. The van der Waals surface area contributed by atoms with Crippen LogP contribution in [0.3, 0.4) is 0 Å². The lowest BCUT2D eigenvalue weighted by atomic mass is 10.1. The maximum absolute atomic E-state index is 15.1. The number of nitrogens with zero attached hydrogens (tertiary/aromatic N) is 4. The minimum Gasteiger partial charge on any atom is -0.493 e. The normalized spacial score (nSPS) is 12.9. The van der Waals surface area contributed by atoms with Crippen LogP contribution in [-0.4, -0.2) is 78.0 Å². The molecule has 1 aliphatic heterocycles. The first-order chi connectivity index (χ1) is 25.7. The Morgan fingerprint density at radius 1 is 0.962 bits per heavy atom. The van der Waals surface area contributed by atoms with Crippen LogP contribution in [0.25, 0.3) is 0 Å². The van der Waals surface area contributed by atoms with E-state index < -0.39 is 11.7 Å². The molecule has 5 rings (SSSR count). The van der Waals surface area contributed by atoms with E-state index in [1.165, 1.54) is 38.6 Å². The zero-order valence-corrected chi connectivity index (χ0v) is 31.7. The molecule has 1 fully saturated rings. The number of benzene rings is 3. The molecule has 1 aliphatic rings. The first-order valence-electron chi connectivity index (χ1n) is 17.9. The molecule has 0 radical (unpaired) electrons. The number of carbonyl (C=O) groups is 2. The number of carbonyl (C=O) groups excluding carboxylic acids is 2. The molecule has 1 saturated heterocycles. The van der Waals surface area contributed by atoms with Gasteiger partial charge in [0.1, 0.15) is 5.56 Å². The predicted molar refractivity (Wildman–Crippen MR) is 206 cm³/mol. The van der Waals surface area contributed by atoms with Crippen molar-refractivity contribution in [3.05, 3.63) is 87.8 Å². The quantitative estimate of drug-likeness (QED) is 0.102. The molecule has 0 saturated carbocycles. The molecule has 2 amide bonds. The van der Waals surface area contributed by atoms with Gasteiger partial charge in [-0.3, -0.25) is 9.59 Å². The topological polar surface area (TPSA) is 118 Å². The van der Waals surface area contributed by atoms with E-state index in [9.17, 15) is 9.59 Å². The van der Waals surface area contributed by atoms with Gasteiger partial charge in [-0.05, 0) is 94.6 Å². The molecule has 0 aliphatic carbocycles. The third-order valence-corrected chi connectivity index (χ3v) is 9.52. The maximum Gasteiger partial charge on any atom is 0.262 e. The van der Waals surface area contributed by atoms with Gasteiger partial charge >= 0.3 is 0 Å². The summed E-state index contributed by atoms with van der Waals surface area (Å²) < 4.78 is 32.7. The van der Waals surface area contributed by atoms with Gasteiger partial charge in [-0.15, -0.1) is 0 Å². The van der Waals surface area contributed by atoms with E-state index in [-0.39, 0.29) is 50.5 Å². The van der Waals surface area contributed by atoms with Gasteiger partial charge in [-0.2, -0.15) is 4.98 Å². The van der Waals surface area contributed by atoms with Gasteiger partial charge in [0, 0.05) is 44.0 Å². The van der Waals surface area contributed by atoms with Crippen molar-refractivity contribution in [1.29, 1.82) is 0 Å². The summed E-state index contributed by atoms with van der Waals surface area (Å²) in [7, 11) is 1.49. The number of piperidine rings is 1. The Kier molecular flexibility index (Phi) is 14.5. The van der Waals surface area contributed by atoms with Crippen molar-refractivity contribution in [2.75, 3.05) is 57.1 Å². The number of ether oxygens (including phenoxy) is 3. The standard InChI is InChI=1S/C39H45Cl2FN6O5/c1-4-48(5-2)35(49)18-14-26-13-16-33(34(23-26)51-3)53-38-28(37(50)45-36-29(40)11-9-12-30(36)41)25-43-39(46-38)44-27-15-17-32(31(42)24-27)52-22-10-21-47-19-7-6-8-20-47/h9,11-13,15-17,23-25H,4-8,10,14,18-22H2,1-3H3,(H,45,50)(H,43,44,46). The van der Waals surface area contributed by atoms with E-state index in [1.807, 2.05) is 19.9 Å². The van der Waals surface area contributed by atoms with Crippen molar-refractivity contribution in [2.45, 2.75) is 52.4 Å². The number of para-hydroxylation sites is 1. The van der Waals surface area contributed by atoms with Crippen molar-refractivity contribution in [3.63, 3.8) is 0 Å². The molecule has 53 heavy (non-hydrogen) atoms. The van der Waals surface area contributed by atoms with Crippen LogP contribution < -0.4 is 24.8 Å². The van der Waals surface area contributed by atoms with Crippen molar-refractivity contribution in [3.8, 4) is 23.1 Å². The van der Waals surface area contributed by atoms with Crippen LogP contribution in [0.15, 0.2) is 60.8 Å². The fraction of sp³-hybridized carbons (Fsp3) is 0.385. The average Bonchev–Trinajstić information content (AvgIpc) is 3.16. The van der Waals surface area contributed by atoms with Gasteiger partial charge in [0.25, 0.3) is 5.91 Å². The molecule has 14 heteroatoms. The van der Waals surface area contributed by atoms with E-state index in [0.29, 0.717) is 44.0 Å². The largest absolute Gasteiger partial charge is 0.493 e. The Morgan fingerprint density at radius 2 is 1.70 bits per heavy atom. The molecule has 282 valence electrons. The van der Waals surface area contributed by atoms with Gasteiger partial charge in [0.05, 0.1) is 29.4 Å². The third kappa shape index (κ3) is 10.9. The lowest BCUT2D eigenvalue weighted by Gasteiger charge is -2.26. The maximum atomic E-state index is 15.1. The Labute approximate surface area is 319 Å². The highest BCUT2D eigenvalue weighted by Gasteiger charge is 2.22. The van der Waals surface area contributed by atoms with Crippen molar-refractivity contribution >= 4 is 52.3 Å². The monoisotopic (exact) mass is 766 g/mol. The summed E-state index contributed by atoms with van der Waals surface area (Å²) in [5, 5.41) is 6.16. The minimum atomic E-state index is -0.639. The van der Waals surface area contributed by atoms with Crippen LogP contribution in [0.1, 0.15) is 61.9 Å². The number of halogens is 3. The molecular weight excluding hydrogens is 722 g/mol. The smallest absolute Gasteiger partial charge is 0.262 e. The second-order valence-corrected chi connectivity index (χ2v) is 13.3. The van der Waals surface area contributed by atoms with Crippen LogP contribution in [0.2, 0.25) is 10.0 Å². The summed E-state index contributed by atoms with van der Waals surface area (Å²) in [4.78, 5) is 39.2.